The molecule has 1 heterocycles. The molecule has 2 rings (SSSR count). The first kappa shape index (κ1) is 8.60. The number of benzene rings is 1. The molecule has 68 valence electrons. The van der Waals surface area contributed by atoms with Gasteiger partial charge in [0.05, 0.1) is 10.7 Å². The van der Waals surface area contributed by atoms with Gasteiger partial charge in [-0.1, -0.05) is 29.8 Å². The zero-order valence-electron chi connectivity index (χ0n) is 7.34. The van der Waals surface area contributed by atoms with Gasteiger partial charge in [0, 0.05) is 16.9 Å². The van der Waals surface area contributed by atoms with Crippen molar-refractivity contribution in [3.05, 3.63) is 35.0 Å². The van der Waals surface area contributed by atoms with Gasteiger partial charge in [0.1, 0.15) is 0 Å². The number of hydrogen-bond donors (Lipinski definition) is 2. The SMILES string of the molecule is C[C@@H](N)c1[nH]c2ccccc2c1Cl. The molecule has 0 bridgehead atoms. The van der Waals surface area contributed by atoms with Crippen LogP contribution in [0.15, 0.2) is 24.3 Å². The Hall–Kier alpha value is -0.990. The summed E-state index contributed by atoms with van der Waals surface area (Å²) in [5, 5.41) is 1.78. The summed E-state index contributed by atoms with van der Waals surface area (Å²) in [6.45, 7) is 1.91. The maximum atomic E-state index is 6.14. The average molecular weight is 195 g/mol. The Morgan fingerprint density at radius 3 is 2.69 bits per heavy atom. The van der Waals surface area contributed by atoms with Gasteiger partial charge in [0.2, 0.25) is 0 Å². The number of nitrogens with two attached hydrogens (primary N) is 1. The summed E-state index contributed by atoms with van der Waals surface area (Å²) in [5.41, 5.74) is 7.71. The minimum absolute atomic E-state index is 0.0556. The van der Waals surface area contributed by atoms with Crippen LogP contribution in [0.3, 0.4) is 0 Å². The van der Waals surface area contributed by atoms with Crippen LogP contribution in [0.2, 0.25) is 5.02 Å². The van der Waals surface area contributed by atoms with E-state index in [0.29, 0.717) is 0 Å². The van der Waals surface area contributed by atoms with Crippen molar-refractivity contribution in [3.63, 3.8) is 0 Å². The summed E-state index contributed by atoms with van der Waals surface area (Å²) in [6, 6.07) is 7.86. The summed E-state index contributed by atoms with van der Waals surface area (Å²) >= 11 is 6.14. The summed E-state index contributed by atoms with van der Waals surface area (Å²) in [7, 11) is 0. The fraction of sp³-hybridized carbons (Fsp3) is 0.200. The van der Waals surface area contributed by atoms with Crippen LogP contribution in [0.4, 0.5) is 0 Å². The summed E-state index contributed by atoms with van der Waals surface area (Å²) in [5.74, 6) is 0. The number of aromatic nitrogens is 1. The number of halogens is 1. The molecular weight excluding hydrogens is 184 g/mol. The molecule has 1 aromatic carbocycles. The van der Waals surface area contributed by atoms with Gasteiger partial charge in [-0.25, -0.2) is 0 Å². The first-order valence-corrected chi connectivity index (χ1v) is 4.59. The van der Waals surface area contributed by atoms with E-state index in [2.05, 4.69) is 4.98 Å². The van der Waals surface area contributed by atoms with Crippen molar-refractivity contribution >= 4 is 22.5 Å². The second kappa shape index (κ2) is 3.05. The highest BCUT2D eigenvalue weighted by Crippen LogP contribution is 2.29. The Kier molecular flexibility index (Phi) is 2.02. The smallest absolute Gasteiger partial charge is 0.0708 e. The lowest BCUT2D eigenvalue weighted by atomic mass is 10.2. The van der Waals surface area contributed by atoms with Crippen molar-refractivity contribution in [2.24, 2.45) is 5.73 Å². The Morgan fingerprint density at radius 1 is 1.38 bits per heavy atom. The van der Waals surface area contributed by atoms with E-state index in [1.54, 1.807) is 0 Å². The number of hydrogen-bond acceptors (Lipinski definition) is 1. The zero-order chi connectivity index (χ0) is 9.42. The fourth-order valence-electron chi connectivity index (χ4n) is 1.44. The van der Waals surface area contributed by atoms with Crippen LogP contribution in [0.5, 0.6) is 0 Å². The van der Waals surface area contributed by atoms with Crippen molar-refractivity contribution in [1.82, 2.24) is 4.98 Å². The molecule has 1 aromatic heterocycles. The highest BCUT2D eigenvalue weighted by atomic mass is 35.5. The third kappa shape index (κ3) is 1.32. The molecule has 13 heavy (non-hydrogen) atoms. The Balaban J connectivity index is 2.74. The van der Waals surface area contributed by atoms with Gasteiger partial charge in [-0.2, -0.15) is 0 Å². The van der Waals surface area contributed by atoms with Gasteiger partial charge >= 0.3 is 0 Å². The minimum Gasteiger partial charge on any atom is -0.356 e. The van der Waals surface area contributed by atoms with E-state index in [1.807, 2.05) is 31.2 Å². The molecule has 0 aliphatic heterocycles. The summed E-state index contributed by atoms with van der Waals surface area (Å²) in [4.78, 5) is 3.21. The molecule has 0 fully saturated rings. The van der Waals surface area contributed by atoms with Crippen LogP contribution >= 0.6 is 11.6 Å². The zero-order valence-corrected chi connectivity index (χ0v) is 8.10. The topological polar surface area (TPSA) is 41.8 Å². The lowest BCUT2D eigenvalue weighted by molar-refractivity contribution is 0.792. The van der Waals surface area contributed by atoms with Crippen LogP contribution < -0.4 is 5.73 Å². The Labute approximate surface area is 81.7 Å². The second-order valence-electron chi connectivity index (χ2n) is 3.19. The molecule has 0 amide bonds. The molecule has 3 N–H and O–H groups in total. The molecule has 0 aliphatic carbocycles. The standard InChI is InChI=1S/C10H11ClN2/c1-6(12)10-9(11)7-4-2-3-5-8(7)13-10/h2-6,13H,12H2,1H3/t6-/m1/s1. The van der Waals surface area contributed by atoms with Crippen molar-refractivity contribution in [2.45, 2.75) is 13.0 Å². The molecule has 0 radical (unpaired) electrons. The molecular formula is C10H11ClN2. The van der Waals surface area contributed by atoms with E-state index in [-0.39, 0.29) is 6.04 Å². The van der Waals surface area contributed by atoms with Crippen LogP contribution in [-0.4, -0.2) is 4.98 Å². The normalized spacial score (nSPS) is 13.5. The van der Waals surface area contributed by atoms with Gasteiger partial charge in [0.15, 0.2) is 0 Å². The maximum Gasteiger partial charge on any atom is 0.0708 e. The van der Waals surface area contributed by atoms with E-state index >= 15 is 0 Å². The Morgan fingerprint density at radius 2 is 2.08 bits per heavy atom. The summed E-state index contributed by atoms with van der Waals surface area (Å²) < 4.78 is 0. The molecule has 2 nitrogen and oxygen atoms in total. The Bertz CT molecular complexity index is 431. The van der Waals surface area contributed by atoms with Crippen LogP contribution in [0.1, 0.15) is 18.7 Å². The van der Waals surface area contributed by atoms with E-state index in [4.69, 9.17) is 17.3 Å². The number of para-hydroxylation sites is 1. The predicted octanol–water partition coefficient (Wildman–Crippen LogP) is 2.84. The van der Waals surface area contributed by atoms with Crippen molar-refractivity contribution in [3.8, 4) is 0 Å². The van der Waals surface area contributed by atoms with Gasteiger partial charge in [0.25, 0.3) is 0 Å². The van der Waals surface area contributed by atoms with E-state index in [0.717, 1.165) is 21.6 Å². The molecule has 0 saturated heterocycles. The first-order valence-electron chi connectivity index (χ1n) is 4.22. The van der Waals surface area contributed by atoms with Crippen LogP contribution in [-0.2, 0) is 0 Å². The lowest BCUT2D eigenvalue weighted by Crippen LogP contribution is -2.05. The van der Waals surface area contributed by atoms with Gasteiger partial charge in [-0.05, 0) is 13.0 Å². The molecule has 0 saturated carbocycles. The average Bonchev–Trinajstić information content (AvgIpc) is 2.45. The molecule has 0 unspecified atom stereocenters. The molecule has 0 aliphatic rings. The third-order valence-electron chi connectivity index (χ3n) is 2.12. The number of fused-ring (bicyclic) bond motifs is 1. The number of rotatable bonds is 1. The highest BCUT2D eigenvalue weighted by molar-refractivity contribution is 6.36. The van der Waals surface area contributed by atoms with Crippen molar-refractivity contribution < 1.29 is 0 Å². The maximum absolute atomic E-state index is 6.14. The molecule has 2 aromatic rings. The van der Waals surface area contributed by atoms with Crippen molar-refractivity contribution in [2.75, 3.05) is 0 Å². The number of aromatic amines is 1. The third-order valence-corrected chi connectivity index (χ3v) is 2.53. The lowest BCUT2D eigenvalue weighted by Gasteiger charge is -2.01. The monoisotopic (exact) mass is 194 g/mol. The van der Waals surface area contributed by atoms with E-state index < -0.39 is 0 Å². The molecule has 1 atom stereocenters. The van der Waals surface area contributed by atoms with Gasteiger partial charge < -0.3 is 10.7 Å². The number of H-pyrrole nitrogens is 1. The quantitative estimate of drug-likeness (QED) is 0.720. The van der Waals surface area contributed by atoms with Crippen molar-refractivity contribution in [1.29, 1.82) is 0 Å². The van der Waals surface area contributed by atoms with Gasteiger partial charge in [-0.15, -0.1) is 0 Å². The van der Waals surface area contributed by atoms with E-state index in [1.165, 1.54) is 0 Å². The largest absolute Gasteiger partial charge is 0.356 e. The van der Waals surface area contributed by atoms with E-state index in [9.17, 15) is 0 Å². The predicted molar refractivity (Wildman–Crippen MR) is 55.9 cm³/mol. The minimum atomic E-state index is -0.0556. The second-order valence-corrected chi connectivity index (χ2v) is 3.56. The first-order chi connectivity index (χ1) is 6.20. The molecule has 0 spiro atoms. The highest BCUT2D eigenvalue weighted by Gasteiger charge is 2.11. The fourth-order valence-corrected chi connectivity index (χ4v) is 1.83. The van der Waals surface area contributed by atoms with Crippen LogP contribution in [0.25, 0.3) is 10.9 Å². The summed E-state index contributed by atoms with van der Waals surface area (Å²) in [6.07, 6.45) is 0. The van der Waals surface area contributed by atoms with Gasteiger partial charge in [-0.3, -0.25) is 0 Å². The molecule has 3 heteroatoms. The number of nitrogens with one attached hydrogen (secondary N) is 1. The van der Waals surface area contributed by atoms with Crippen LogP contribution in [0, 0.1) is 0 Å².